The number of aryl methyl sites for hydroxylation is 1. The van der Waals surface area contributed by atoms with Crippen molar-refractivity contribution in [2.45, 2.75) is 6.92 Å². The molecule has 0 aliphatic heterocycles. The summed E-state index contributed by atoms with van der Waals surface area (Å²) in [5.74, 6) is 0.760. The molecular weight excluding hydrogens is 190 g/mol. The van der Waals surface area contributed by atoms with Crippen LogP contribution < -0.4 is 0 Å². The van der Waals surface area contributed by atoms with Gasteiger partial charge in [0, 0.05) is 6.20 Å². The maximum Gasteiger partial charge on any atom is 0.176 e. The maximum absolute atomic E-state index is 4.42. The summed E-state index contributed by atoms with van der Waals surface area (Å²) < 4.78 is 1.79. The second-order valence-corrected chi connectivity index (χ2v) is 3.31. The van der Waals surface area contributed by atoms with E-state index in [4.69, 9.17) is 0 Å². The predicted molar refractivity (Wildman–Crippen MR) is 55.3 cm³/mol. The fourth-order valence-electron chi connectivity index (χ4n) is 1.51. The molecular formula is C10H9N5. The molecule has 0 aliphatic rings. The molecule has 0 bridgehead atoms. The first kappa shape index (κ1) is 8.16. The lowest BCUT2D eigenvalue weighted by atomic mass is 10.3. The number of rotatable bonds is 1. The Morgan fingerprint density at radius 3 is 2.93 bits per heavy atom. The van der Waals surface area contributed by atoms with Gasteiger partial charge in [-0.1, -0.05) is 6.07 Å². The van der Waals surface area contributed by atoms with Crippen LogP contribution in [0.25, 0.3) is 17.2 Å². The number of nitrogens with one attached hydrogen (secondary N) is 1. The molecule has 0 atom stereocenters. The maximum atomic E-state index is 4.42. The van der Waals surface area contributed by atoms with Gasteiger partial charge in [0.25, 0.3) is 0 Å². The zero-order valence-corrected chi connectivity index (χ0v) is 8.18. The van der Waals surface area contributed by atoms with Crippen molar-refractivity contribution in [3.05, 3.63) is 36.4 Å². The van der Waals surface area contributed by atoms with Crippen molar-refractivity contribution >= 4 is 5.65 Å². The van der Waals surface area contributed by atoms with Gasteiger partial charge in [-0.25, -0.2) is 14.5 Å². The van der Waals surface area contributed by atoms with Crippen LogP contribution >= 0.6 is 0 Å². The highest BCUT2D eigenvalue weighted by Gasteiger charge is 2.07. The Morgan fingerprint density at radius 2 is 2.20 bits per heavy atom. The van der Waals surface area contributed by atoms with Crippen LogP contribution in [0.1, 0.15) is 5.69 Å². The summed E-state index contributed by atoms with van der Waals surface area (Å²) in [5.41, 5.74) is 2.59. The molecule has 3 aromatic heterocycles. The number of nitrogens with zero attached hydrogens (tertiary/aromatic N) is 4. The van der Waals surface area contributed by atoms with Gasteiger partial charge in [0.05, 0.1) is 5.69 Å². The van der Waals surface area contributed by atoms with E-state index < -0.39 is 0 Å². The number of aromatic nitrogens is 5. The number of pyridine rings is 1. The zero-order valence-electron chi connectivity index (χ0n) is 8.18. The third-order valence-corrected chi connectivity index (χ3v) is 2.27. The van der Waals surface area contributed by atoms with Gasteiger partial charge in [0.2, 0.25) is 0 Å². The molecule has 0 unspecified atom stereocenters. The first-order valence-electron chi connectivity index (χ1n) is 4.65. The largest absolute Gasteiger partial charge is 0.273 e. The van der Waals surface area contributed by atoms with Crippen molar-refractivity contribution in [1.29, 1.82) is 0 Å². The fraction of sp³-hybridized carbons (Fsp3) is 0.100. The molecule has 0 aliphatic carbocycles. The van der Waals surface area contributed by atoms with Gasteiger partial charge >= 0.3 is 0 Å². The quantitative estimate of drug-likeness (QED) is 0.645. The monoisotopic (exact) mass is 199 g/mol. The van der Waals surface area contributed by atoms with E-state index in [2.05, 4.69) is 20.1 Å². The lowest BCUT2D eigenvalue weighted by molar-refractivity contribution is 0.956. The predicted octanol–water partition coefficient (Wildman–Crippen LogP) is 1.43. The Bertz CT molecular complexity index is 593. The summed E-state index contributed by atoms with van der Waals surface area (Å²) in [4.78, 5) is 12.8. The highest BCUT2D eigenvalue weighted by molar-refractivity contribution is 5.54. The van der Waals surface area contributed by atoms with Crippen LogP contribution in [0.3, 0.4) is 0 Å². The lowest BCUT2D eigenvalue weighted by Gasteiger charge is -1.92. The topological polar surface area (TPSA) is 58.9 Å². The normalized spacial score (nSPS) is 11.0. The summed E-state index contributed by atoms with van der Waals surface area (Å²) in [6, 6.07) is 5.73. The molecule has 3 heterocycles. The second-order valence-electron chi connectivity index (χ2n) is 3.31. The van der Waals surface area contributed by atoms with Crippen LogP contribution in [-0.4, -0.2) is 24.6 Å². The molecule has 0 saturated heterocycles. The molecule has 0 aromatic carbocycles. The minimum atomic E-state index is 0.760. The first-order valence-corrected chi connectivity index (χ1v) is 4.65. The molecule has 0 fully saturated rings. The van der Waals surface area contributed by atoms with E-state index in [1.165, 1.54) is 0 Å². The smallest absolute Gasteiger partial charge is 0.176 e. The van der Waals surface area contributed by atoms with Gasteiger partial charge in [-0.3, -0.25) is 10.1 Å². The number of aromatic amines is 1. The number of hydrogen-bond acceptors (Lipinski definition) is 3. The Morgan fingerprint density at radius 1 is 1.27 bits per heavy atom. The lowest BCUT2D eigenvalue weighted by Crippen LogP contribution is -1.85. The van der Waals surface area contributed by atoms with E-state index in [1.54, 1.807) is 17.0 Å². The Labute approximate surface area is 85.8 Å². The van der Waals surface area contributed by atoms with Gasteiger partial charge in [-0.2, -0.15) is 0 Å². The van der Waals surface area contributed by atoms with Crippen LogP contribution in [0.4, 0.5) is 0 Å². The molecule has 5 nitrogen and oxygen atoms in total. The van der Waals surface area contributed by atoms with Crippen LogP contribution in [-0.2, 0) is 0 Å². The molecule has 5 heteroatoms. The Balaban J connectivity index is 2.20. The van der Waals surface area contributed by atoms with Gasteiger partial charge in [0.1, 0.15) is 12.0 Å². The molecule has 74 valence electrons. The van der Waals surface area contributed by atoms with Crippen LogP contribution in [0.2, 0.25) is 0 Å². The highest BCUT2D eigenvalue weighted by atomic mass is 15.3. The van der Waals surface area contributed by atoms with Gasteiger partial charge in [-0.15, -0.1) is 0 Å². The van der Waals surface area contributed by atoms with Crippen molar-refractivity contribution < 1.29 is 0 Å². The van der Waals surface area contributed by atoms with Crippen molar-refractivity contribution in [3.8, 4) is 11.5 Å². The number of imidazole rings is 1. The zero-order chi connectivity index (χ0) is 10.3. The molecule has 0 amide bonds. The standard InChI is InChI=1S/C10H9N5/c1-7-10-13-9(14-15(10)6-12-7)8-4-2-3-5-11-8/h2-6H,1H3,(H,13,14). The van der Waals surface area contributed by atoms with E-state index in [0.717, 1.165) is 22.9 Å². The van der Waals surface area contributed by atoms with E-state index in [0.29, 0.717) is 0 Å². The first-order chi connectivity index (χ1) is 7.34. The Kier molecular flexibility index (Phi) is 1.58. The second kappa shape index (κ2) is 2.91. The van der Waals surface area contributed by atoms with E-state index in [9.17, 15) is 0 Å². The van der Waals surface area contributed by atoms with Gasteiger partial charge in [-0.05, 0) is 19.1 Å². The van der Waals surface area contributed by atoms with Crippen molar-refractivity contribution in [2.75, 3.05) is 0 Å². The molecule has 0 radical (unpaired) electrons. The summed E-state index contributed by atoms with van der Waals surface area (Å²) >= 11 is 0. The van der Waals surface area contributed by atoms with E-state index in [1.807, 2.05) is 25.1 Å². The van der Waals surface area contributed by atoms with Gasteiger partial charge < -0.3 is 0 Å². The SMILES string of the molecule is Cc1ncn2[nH]c(-c3ccccn3)nc12. The average Bonchev–Trinajstić information content (AvgIpc) is 2.83. The van der Waals surface area contributed by atoms with Crippen LogP contribution in [0.15, 0.2) is 30.7 Å². The molecule has 1 N–H and O–H groups in total. The number of H-pyrrole nitrogens is 1. The van der Waals surface area contributed by atoms with Crippen LogP contribution in [0, 0.1) is 6.92 Å². The van der Waals surface area contributed by atoms with Crippen molar-refractivity contribution in [2.24, 2.45) is 0 Å². The molecule has 15 heavy (non-hydrogen) atoms. The van der Waals surface area contributed by atoms with E-state index in [-0.39, 0.29) is 0 Å². The number of hydrogen-bond donors (Lipinski definition) is 1. The van der Waals surface area contributed by atoms with Crippen molar-refractivity contribution in [3.63, 3.8) is 0 Å². The molecule has 0 spiro atoms. The molecule has 3 rings (SSSR count). The van der Waals surface area contributed by atoms with E-state index >= 15 is 0 Å². The molecule has 3 aromatic rings. The van der Waals surface area contributed by atoms with Gasteiger partial charge in [0.15, 0.2) is 11.5 Å². The minimum Gasteiger partial charge on any atom is -0.273 e. The fourth-order valence-corrected chi connectivity index (χ4v) is 1.51. The Hall–Kier alpha value is -2.17. The summed E-state index contributed by atoms with van der Waals surface area (Å²) in [5, 5.41) is 3.11. The highest BCUT2D eigenvalue weighted by Crippen LogP contribution is 2.14. The summed E-state index contributed by atoms with van der Waals surface area (Å²) in [7, 11) is 0. The third-order valence-electron chi connectivity index (χ3n) is 2.27. The third kappa shape index (κ3) is 1.20. The van der Waals surface area contributed by atoms with Crippen molar-refractivity contribution in [1.82, 2.24) is 24.6 Å². The average molecular weight is 199 g/mol. The summed E-state index contributed by atoms with van der Waals surface area (Å²) in [6.45, 7) is 1.93. The minimum absolute atomic E-state index is 0.760. The molecule has 0 saturated carbocycles. The number of fused-ring (bicyclic) bond motifs is 1. The summed E-state index contributed by atoms with van der Waals surface area (Å²) in [6.07, 6.45) is 3.46. The van der Waals surface area contributed by atoms with Crippen LogP contribution in [0.5, 0.6) is 0 Å².